The second-order valence-electron chi connectivity index (χ2n) is 5.81. The third-order valence-electron chi connectivity index (χ3n) is 4.05. The van der Waals surface area contributed by atoms with Gasteiger partial charge in [0.1, 0.15) is 6.04 Å². The Morgan fingerprint density at radius 3 is 2.67 bits per heavy atom. The van der Waals surface area contributed by atoms with Crippen molar-refractivity contribution in [2.45, 2.75) is 38.3 Å². The van der Waals surface area contributed by atoms with Crippen molar-refractivity contribution < 1.29 is 14.7 Å². The molecular weight excluding hydrogens is 268 g/mol. The summed E-state index contributed by atoms with van der Waals surface area (Å²) >= 11 is 0. The van der Waals surface area contributed by atoms with Crippen molar-refractivity contribution in [3.05, 3.63) is 35.9 Å². The lowest BCUT2D eigenvalue weighted by molar-refractivity contribution is -0.153. The van der Waals surface area contributed by atoms with Crippen LogP contribution in [0.25, 0.3) is 0 Å². The lowest BCUT2D eigenvalue weighted by atomic mass is 9.91. The van der Waals surface area contributed by atoms with E-state index in [4.69, 9.17) is 5.73 Å². The Morgan fingerprint density at radius 1 is 1.38 bits per heavy atom. The number of rotatable bonds is 4. The van der Waals surface area contributed by atoms with Crippen molar-refractivity contribution in [2.75, 3.05) is 6.54 Å². The Balaban J connectivity index is 2.05. The first-order chi connectivity index (χ1) is 9.99. The molecule has 0 bridgehead atoms. The predicted molar refractivity (Wildman–Crippen MR) is 79.7 cm³/mol. The van der Waals surface area contributed by atoms with Gasteiger partial charge >= 0.3 is 5.97 Å². The monoisotopic (exact) mass is 290 g/mol. The van der Waals surface area contributed by atoms with Crippen LogP contribution < -0.4 is 5.73 Å². The first-order valence-electron chi connectivity index (χ1n) is 7.32. The zero-order chi connectivity index (χ0) is 15.4. The van der Waals surface area contributed by atoms with Crippen LogP contribution in [0.1, 0.15) is 25.3 Å². The van der Waals surface area contributed by atoms with Gasteiger partial charge in [-0.25, -0.2) is 4.79 Å². The molecule has 2 rings (SSSR count). The van der Waals surface area contributed by atoms with Gasteiger partial charge in [-0.2, -0.15) is 0 Å². The van der Waals surface area contributed by atoms with Crippen molar-refractivity contribution >= 4 is 11.9 Å². The van der Waals surface area contributed by atoms with E-state index >= 15 is 0 Å². The van der Waals surface area contributed by atoms with Gasteiger partial charge < -0.3 is 15.7 Å². The second-order valence-corrected chi connectivity index (χ2v) is 5.81. The number of carbonyl (C=O) groups excluding carboxylic acids is 1. The second kappa shape index (κ2) is 6.72. The molecule has 3 atom stereocenters. The van der Waals surface area contributed by atoms with Crippen LogP contribution in [0, 0.1) is 5.92 Å². The summed E-state index contributed by atoms with van der Waals surface area (Å²) in [7, 11) is 0. The first-order valence-corrected chi connectivity index (χ1v) is 7.32. The maximum absolute atomic E-state index is 12.5. The molecule has 5 nitrogen and oxygen atoms in total. The van der Waals surface area contributed by atoms with Crippen molar-refractivity contribution in [1.82, 2.24) is 4.90 Å². The topological polar surface area (TPSA) is 83.6 Å². The lowest BCUT2D eigenvalue weighted by Crippen LogP contribution is -2.55. The molecule has 0 aliphatic carbocycles. The molecule has 5 heteroatoms. The van der Waals surface area contributed by atoms with Crippen molar-refractivity contribution in [3.63, 3.8) is 0 Å². The Kier molecular flexibility index (Phi) is 4.96. The molecular formula is C16H22N2O3. The summed E-state index contributed by atoms with van der Waals surface area (Å²) in [5.74, 6) is -0.888. The zero-order valence-electron chi connectivity index (χ0n) is 12.2. The molecule has 1 aromatic carbocycles. The number of aliphatic carboxylic acids is 1. The van der Waals surface area contributed by atoms with Gasteiger partial charge in [0.2, 0.25) is 5.91 Å². The van der Waals surface area contributed by atoms with E-state index in [-0.39, 0.29) is 5.91 Å². The fourth-order valence-corrected chi connectivity index (χ4v) is 2.81. The molecule has 0 radical (unpaired) electrons. The largest absolute Gasteiger partial charge is 0.480 e. The van der Waals surface area contributed by atoms with E-state index in [1.54, 1.807) is 0 Å². The molecule has 1 aliphatic rings. The van der Waals surface area contributed by atoms with Crippen molar-refractivity contribution in [3.8, 4) is 0 Å². The highest BCUT2D eigenvalue weighted by Crippen LogP contribution is 2.23. The van der Waals surface area contributed by atoms with Crippen LogP contribution in [0.4, 0.5) is 0 Å². The highest BCUT2D eigenvalue weighted by atomic mass is 16.4. The van der Waals surface area contributed by atoms with Gasteiger partial charge in [-0.3, -0.25) is 4.79 Å². The van der Waals surface area contributed by atoms with E-state index in [1.807, 2.05) is 37.3 Å². The number of carboxylic acid groups (broad SMARTS) is 1. The van der Waals surface area contributed by atoms with Gasteiger partial charge in [-0.05, 0) is 30.7 Å². The number of nitrogens with zero attached hydrogens (tertiary/aromatic N) is 1. The first kappa shape index (κ1) is 15.5. The molecule has 1 amide bonds. The molecule has 1 heterocycles. The number of carbonyl (C=O) groups is 2. The fourth-order valence-electron chi connectivity index (χ4n) is 2.81. The van der Waals surface area contributed by atoms with E-state index in [0.717, 1.165) is 12.0 Å². The van der Waals surface area contributed by atoms with E-state index < -0.39 is 18.1 Å². The highest BCUT2D eigenvalue weighted by Gasteiger charge is 2.36. The normalized spacial score (nSPS) is 23.6. The molecule has 3 N–H and O–H groups in total. The smallest absolute Gasteiger partial charge is 0.326 e. The summed E-state index contributed by atoms with van der Waals surface area (Å²) in [6, 6.07) is 8.10. The number of carboxylic acids is 1. The van der Waals surface area contributed by atoms with Gasteiger partial charge in [-0.1, -0.05) is 37.3 Å². The Hall–Kier alpha value is -1.88. The Morgan fingerprint density at radius 2 is 2.05 bits per heavy atom. The van der Waals surface area contributed by atoms with E-state index in [1.165, 1.54) is 4.90 Å². The van der Waals surface area contributed by atoms with Crippen LogP contribution in [0.3, 0.4) is 0 Å². The maximum atomic E-state index is 12.5. The van der Waals surface area contributed by atoms with Gasteiger partial charge in [0.15, 0.2) is 0 Å². The molecule has 1 aliphatic heterocycles. The Bertz CT molecular complexity index is 504. The minimum absolute atomic E-state index is 0.266. The molecule has 0 spiro atoms. The number of piperidine rings is 1. The molecule has 114 valence electrons. The van der Waals surface area contributed by atoms with Crippen LogP contribution >= 0.6 is 0 Å². The Labute approximate surface area is 124 Å². The summed E-state index contributed by atoms with van der Waals surface area (Å²) in [6.45, 7) is 2.49. The van der Waals surface area contributed by atoms with Crippen molar-refractivity contribution in [1.29, 1.82) is 0 Å². The van der Waals surface area contributed by atoms with Crippen LogP contribution in [-0.2, 0) is 16.0 Å². The van der Waals surface area contributed by atoms with Gasteiger partial charge in [0, 0.05) is 6.54 Å². The number of amides is 1. The average Bonchev–Trinajstić information content (AvgIpc) is 2.47. The third-order valence-corrected chi connectivity index (χ3v) is 4.05. The molecule has 1 fully saturated rings. The average molecular weight is 290 g/mol. The van der Waals surface area contributed by atoms with Gasteiger partial charge in [-0.15, -0.1) is 0 Å². The molecule has 0 saturated carbocycles. The number of nitrogens with two attached hydrogens (primary N) is 1. The molecule has 1 saturated heterocycles. The standard InChI is InChI=1S/C16H22N2O3/c1-11-7-8-18(14(9-11)16(20)21)15(19)13(17)10-12-5-3-2-4-6-12/h2-6,11,13-14H,7-10,17H2,1H3,(H,20,21)/t11?,13-,14?/m0/s1. The predicted octanol–water partition coefficient (Wildman–Crippen LogP) is 1.27. The van der Waals surface area contributed by atoms with Crippen molar-refractivity contribution in [2.24, 2.45) is 11.7 Å². The van der Waals surface area contributed by atoms with E-state index in [0.29, 0.717) is 25.3 Å². The number of hydrogen-bond acceptors (Lipinski definition) is 3. The van der Waals surface area contributed by atoms with Crippen LogP contribution in [-0.4, -0.2) is 40.5 Å². The summed E-state index contributed by atoms with van der Waals surface area (Å²) in [5.41, 5.74) is 6.98. The fraction of sp³-hybridized carbons (Fsp3) is 0.500. The summed E-state index contributed by atoms with van der Waals surface area (Å²) < 4.78 is 0. The van der Waals surface area contributed by atoms with Crippen LogP contribution in [0.15, 0.2) is 30.3 Å². The van der Waals surface area contributed by atoms with Crippen LogP contribution in [0.2, 0.25) is 0 Å². The highest BCUT2D eigenvalue weighted by molar-refractivity contribution is 5.87. The molecule has 21 heavy (non-hydrogen) atoms. The molecule has 2 unspecified atom stereocenters. The van der Waals surface area contributed by atoms with E-state index in [2.05, 4.69) is 0 Å². The molecule has 0 aromatic heterocycles. The lowest BCUT2D eigenvalue weighted by Gasteiger charge is -2.37. The van der Waals surface area contributed by atoms with Gasteiger partial charge in [0.25, 0.3) is 0 Å². The SMILES string of the molecule is CC1CCN(C(=O)[C@@H](N)Cc2ccccc2)C(C(=O)O)C1. The number of hydrogen-bond donors (Lipinski definition) is 2. The summed E-state index contributed by atoms with van der Waals surface area (Å²) in [4.78, 5) is 25.3. The van der Waals surface area contributed by atoms with Gasteiger partial charge in [0.05, 0.1) is 6.04 Å². The summed E-state index contributed by atoms with van der Waals surface area (Å²) in [5, 5.41) is 9.31. The minimum atomic E-state index is -0.943. The number of benzene rings is 1. The van der Waals surface area contributed by atoms with Crippen LogP contribution in [0.5, 0.6) is 0 Å². The quantitative estimate of drug-likeness (QED) is 0.874. The third kappa shape index (κ3) is 3.82. The maximum Gasteiger partial charge on any atom is 0.326 e. The number of likely N-dealkylation sites (tertiary alicyclic amines) is 1. The van der Waals surface area contributed by atoms with E-state index in [9.17, 15) is 14.7 Å². The zero-order valence-corrected chi connectivity index (χ0v) is 12.2. The molecule has 1 aromatic rings. The summed E-state index contributed by atoms with van der Waals surface area (Å²) in [6.07, 6.45) is 1.75. The minimum Gasteiger partial charge on any atom is -0.480 e.